The molecule has 0 aromatic carbocycles. The lowest BCUT2D eigenvalue weighted by atomic mass is 10.0. The van der Waals surface area contributed by atoms with Crippen molar-refractivity contribution in [1.82, 2.24) is 5.32 Å². The summed E-state index contributed by atoms with van der Waals surface area (Å²) in [6.07, 6.45) is 1.46. The molecule has 0 radical (unpaired) electrons. The van der Waals surface area contributed by atoms with E-state index >= 15 is 0 Å². The van der Waals surface area contributed by atoms with Crippen molar-refractivity contribution in [3.8, 4) is 0 Å². The summed E-state index contributed by atoms with van der Waals surface area (Å²) in [7, 11) is -4.62. The second-order valence-corrected chi connectivity index (χ2v) is 9.93. The number of amidine groups is 1. The molecule has 0 bridgehead atoms. The van der Waals surface area contributed by atoms with Crippen molar-refractivity contribution < 1.29 is 41.6 Å². The monoisotopic (exact) mass is 503 g/mol. The fraction of sp³-hybridized carbons (Fsp3) is 0.368. The SMILES string of the molecule is CC(Cc1ccc(C(=O)OC2=C(F)C=C(C(=N)N)CC2)s1)C(=O)N[C@@H](CS(=O)(=O)O)C(=O)O. The van der Waals surface area contributed by atoms with Gasteiger partial charge in [-0.1, -0.05) is 6.92 Å². The highest BCUT2D eigenvalue weighted by Gasteiger charge is 2.28. The van der Waals surface area contributed by atoms with Crippen LogP contribution in [-0.4, -0.2) is 53.6 Å². The molecule has 1 unspecified atom stereocenters. The Bertz CT molecular complexity index is 1140. The van der Waals surface area contributed by atoms with Gasteiger partial charge < -0.3 is 20.9 Å². The van der Waals surface area contributed by atoms with Crippen LogP contribution in [-0.2, 0) is 30.9 Å². The van der Waals surface area contributed by atoms with Crippen LogP contribution in [0.15, 0.2) is 35.4 Å². The first-order valence-corrected chi connectivity index (χ1v) is 11.9. The van der Waals surface area contributed by atoms with E-state index in [1.54, 1.807) is 6.07 Å². The number of carbonyl (C=O) groups excluding carboxylic acids is 2. The summed E-state index contributed by atoms with van der Waals surface area (Å²) in [5, 5.41) is 18.4. The Balaban J connectivity index is 2.00. The average Bonchev–Trinajstić information content (AvgIpc) is 3.16. The molecule has 1 aliphatic rings. The Morgan fingerprint density at radius 3 is 2.55 bits per heavy atom. The first kappa shape index (κ1) is 26.2. The normalized spacial score (nSPS) is 15.9. The van der Waals surface area contributed by atoms with Crippen LogP contribution in [0.1, 0.15) is 34.3 Å². The molecular formula is C19H22FN3O8S2. The third-order valence-electron chi connectivity index (χ3n) is 4.56. The molecular weight excluding hydrogens is 481 g/mol. The molecule has 0 aliphatic heterocycles. The quantitative estimate of drug-likeness (QED) is 0.135. The number of ether oxygens (including phenoxy) is 1. The van der Waals surface area contributed by atoms with Crippen molar-refractivity contribution in [3.63, 3.8) is 0 Å². The van der Waals surface area contributed by atoms with E-state index in [4.69, 9.17) is 25.5 Å². The maximum atomic E-state index is 14.1. The minimum Gasteiger partial charge on any atom is -0.480 e. The van der Waals surface area contributed by atoms with E-state index in [1.807, 2.05) is 0 Å². The number of thiophene rings is 1. The summed E-state index contributed by atoms with van der Waals surface area (Å²) >= 11 is 0.996. The molecule has 2 rings (SSSR count). The van der Waals surface area contributed by atoms with Gasteiger partial charge in [0.2, 0.25) is 5.91 Å². The molecule has 1 aliphatic carbocycles. The molecule has 1 heterocycles. The zero-order chi connectivity index (χ0) is 24.9. The number of halogens is 1. The van der Waals surface area contributed by atoms with E-state index in [2.05, 4.69) is 5.32 Å². The van der Waals surface area contributed by atoms with Crippen LogP contribution in [0.25, 0.3) is 0 Å². The highest BCUT2D eigenvalue weighted by molar-refractivity contribution is 7.85. The topological polar surface area (TPSA) is 197 Å². The summed E-state index contributed by atoms with van der Waals surface area (Å²) in [6.45, 7) is 1.47. The van der Waals surface area contributed by atoms with Gasteiger partial charge in [-0.15, -0.1) is 11.3 Å². The number of hydrogen-bond acceptors (Lipinski definition) is 8. The summed E-state index contributed by atoms with van der Waals surface area (Å²) in [5.41, 5.74) is 5.63. The number of aliphatic carboxylic acids is 1. The minimum atomic E-state index is -4.62. The van der Waals surface area contributed by atoms with Crippen LogP contribution in [0.4, 0.5) is 4.39 Å². The predicted molar refractivity (Wildman–Crippen MR) is 116 cm³/mol. The fourth-order valence-corrected chi connectivity index (χ4v) is 4.50. The Morgan fingerprint density at radius 1 is 1.33 bits per heavy atom. The second kappa shape index (κ2) is 10.7. The fourth-order valence-electron chi connectivity index (χ4n) is 2.84. The molecule has 1 aromatic heterocycles. The standard InChI is InChI=1S/C19H22FN3O8S2/c1-9(17(24)23-13(18(25)26)8-33(28,29)30)6-11-3-5-15(32-11)19(27)31-14-4-2-10(16(21)22)7-12(14)20/h3,5,7,9,13H,2,4,6,8H2,1H3,(H3,21,22)(H,23,24)(H,25,26)(H,28,29,30)/t9?,13-/m0/s1. The third kappa shape index (κ3) is 7.76. The van der Waals surface area contributed by atoms with Crippen molar-refractivity contribution in [3.05, 3.63) is 45.1 Å². The van der Waals surface area contributed by atoms with Crippen LogP contribution < -0.4 is 11.1 Å². The Kier molecular flexibility index (Phi) is 8.46. The Labute approximate surface area is 192 Å². The summed E-state index contributed by atoms with van der Waals surface area (Å²) in [5.74, 6) is -6.37. The van der Waals surface area contributed by atoms with Gasteiger partial charge in [-0.2, -0.15) is 8.42 Å². The van der Waals surface area contributed by atoms with E-state index in [0.29, 0.717) is 10.5 Å². The third-order valence-corrected chi connectivity index (χ3v) is 6.40. The summed E-state index contributed by atoms with van der Waals surface area (Å²) in [6, 6.07) is 1.17. The zero-order valence-corrected chi connectivity index (χ0v) is 19.0. The van der Waals surface area contributed by atoms with E-state index in [1.165, 1.54) is 13.0 Å². The van der Waals surface area contributed by atoms with Crippen molar-refractivity contribution >= 4 is 45.1 Å². The van der Waals surface area contributed by atoms with Gasteiger partial charge in [0.25, 0.3) is 10.1 Å². The second-order valence-electron chi connectivity index (χ2n) is 7.26. The molecule has 0 spiro atoms. The average molecular weight is 504 g/mol. The van der Waals surface area contributed by atoms with Crippen LogP contribution in [0.5, 0.6) is 0 Å². The minimum absolute atomic E-state index is 0.0622. The molecule has 0 saturated carbocycles. The molecule has 1 aromatic rings. The molecule has 33 heavy (non-hydrogen) atoms. The molecule has 14 heteroatoms. The number of carboxylic acid groups (broad SMARTS) is 1. The highest BCUT2D eigenvalue weighted by atomic mass is 32.2. The number of hydrogen-bond donors (Lipinski definition) is 5. The van der Waals surface area contributed by atoms with E-state index < -0.39 is 51.5 Å². The van der Waals surface area contributed by atoms with Gasteiger partial charge in [0, 0.05) is 17.2 Å². The molecule has 6 N–H and O–H groups in total. The zero-order valence-electron chi connectivity index (χ0n) is 17.3. The maximum absolute atomic E-state index is 14.1. The molecule has 0 saturated heterocycles. The largest absolute Gasteiger partial charge is 0.480 e. The lowest BCUT2D eigenvalue weighted by Crippen LogP contribution is -2.47. The lowest BCUT2D eigenvalue weighted by molar-refractivity contribution is -0.141. The summed E-state index contributed by atoms with van der Waals surface area (Å²) < 4.78 is 49.9. The van der Waals surface area contributed by atoms with Gasteiger partial charge in [0.1, 0.15) is 28.3 Å². The smallest absolute Gasteiger partial charge is 0.353 e. The number of nitrogens with one attached hydrogen (secondary N) is 2. The van der Waals surface area contributed by atoms with Crippen LogP contribution >= 0.6 is 11.3 Å². The number of carbonyl (C=O) groups is 3. The number of allylic oxidation sites excluding steroid dienone is 3. The van der Waals surface area contributed by atoms with Crippen molar-refractivity contribution in [2.24, 2.45) is 11.7 Å². The first-order valence-electron chi connectivity index (χ1n) is 9.49. The number of nitrogens with two attached hydrogens (primary N) is 1. The predicted octanol–water partition coefficient (Wildman–Crippen LogP) is 1.38. The van der Waals surface area contributed by atoms with Gasteiger partial charge in [0.05, 0.1) is 0 Å². The van der Waals surface area contributed by atoms with Gasteiger partial charge in [-0.05, 0) is 36.6 Å². The number of rotatable bonds is 10. The Morgan fingerprint density at radius 2 is 2.00 bits per heavy atom. The van der Waals surface area contributed by atoms with E-state index in [0.717, 1.165) is 17.4 Å². The molecule has 0 fully saturated rings. The van der Waals surface area contributed by atoms with Gasteiger partial charge in [0.15, 0.2) is 5.83 Å². The molecule has 11 nitrogen and oxygen atoms in total. The van der Waals surface area contributed by atoms with Crippen molar-refractivity contribution in [2.75, 3.05) is 5.75 Å². The number of amides is 1. The molecule has 2 atom stereocenters. The maximum Gasteiger partial charge on any atom is 0.353 e. The lowest BCUT2D eigenvalue weighted by Gasteiger charge is -2.16. The highest BCUT2D eigenvalue weighted by Crippen LogP contribution is 2.28. The first-order chi connectivity index (χ1) is 15.3. The van der Waals surface area contributed by atoms with E-state index in [9.17, 15) is 27.2 Å². The number of carboxylic acids is 1. The van der Waals surface area contributed by atoms with Gasteiger partial charge in [-0.3, -0.25) is 14.8 Å². The summed E-state index contributed by atoms with van der Waals surface area (Å²) in [4.78, 5) is 36.4. The molecule has 180 valence electrons. The van der Waals surface area contributed by atoms with Crippen LogP contribution in [0.3, 0.4) is 0 Å². The van der Waals surface area contributed by atoms with E-state index in [-0.39, 0.29) is 35.7 Å². The Hall–Kier alpha value is -3.10. The van der Waals surface area contributed by atoms with Gasteiger partial charge >= 0.3 is 11.9 Å². The number of esters is 1. The van der Waals surface area contributed by atoms with Gasteiger partial charge in [-0.25, -0.2) is 14.0 Å². The molecule has 1 amide bonds. The van der Waals surface area contributed by atoms with Crippen molar-refractivity contribution in [2.45, 2.75) is 32.2 Å². The van der Waals surface area contributed by atoms with Crippen LogP contribution in [0.2, 0.25) is 0 Å². The van der Waals surface area contributed by atoms with Crippen molar-refractivity contribution in [1.29, 1.82) is 5.41 Å². The van der Waals surface area contributed by atoms with Crippen LogP contribution in [0, 0.1) is 11.3 Å².